The largest absolute Gasteiger partial charge is 0.493 e. The summed E-state index contributed by atoms with van der Waals surface area (Å²) in [5.41, 5.74) is 0.937. The molecule has 3 N–H and O–H groups in total. The summed E-state index contributed by atoms with van der Waals surface area (Å²) in [5, 5.41) is 9.13. The molecule has 0 spiro atoms. The van der Waals surface area contributed by atoms with Gasteiger partial charge in [0.1, 0.15) is 0 Å². The lowest BCUT2D eigenvalue weighted by atomic mass is 10.1. The highest BCUT2D eigenvalue weighted by Crippen LogP contribution is 2.27. The number of carbonyl (C=O) groups is 1. The molecule has 0 saturated carbocycles. The highest BCUT2D eigenvalue weighted by Gasteiger charge is 2.13. The van der Waals surface area contributed by atoms with Crippen molar-refractivity contribution in [2.75, 3.05) is 34.4 Å². The number of aliphatic imine (C=N–C) groups is 1. The molecule has 154 valence electrons. The number of halogens is 1. The second kappa shape index (κ2) is 12.6. The molecule has 27 heavy (non-hydrogen) atoms. The summed E-state index contributed by atoms with van der Waals surface area (Å²) < 4.78 is 10.6. The molecule has 0 heterocycles. The maximum Gasteiger partial charge on any atom is 0.239 e. The number of methoxy groups -OCH3 is 2. The Hall–Kier alpha value is -1.71. The van der Waals surface area contributed by atoms with Crippen LogP contribution in [0.1, 0.15) is 32.8 Å². The van der Waals surface area contributed by atoms with E-state index >= 15 is 0 Å². The van der Waals surface area contributed by atoms with E-state index in [1.165, 1.54) is 5.56 Å². The van der Waals surface area contributed by atoms with E-state index in [0.717, 1.165) is 30.9 Å². The van der Waals surface area contributed by atoms with Gasteiger partial charge in [0.25, 0.3) is 0 Å². The molecule has 0 bridgehead atoms. The van der Waals surface area contributed by atoms with Gasteiger partial charge in [0.05, 0.1) is 20.8 Å². The number of nitrogens with zero attached hydrogens (tertiary/aromatic N) is 1. The van der Waals surface area contributed by atoms with Crippen molar-refractivity contribution in [1.29, 1.82) is 0 Å². The van der Waals surface area contributed by atoms with E-state index in [9.17, 15) is 4.79 Å². The molecule has 0 aliphatic rings. The van der Waals surface area contributed by atoms with Gasteiger partial charge >= 0.3 is 0 Å². The Kier molecular flexibility index (Phi) is 11.8. The van der Waals surface area contributed by atoms with E-state index in [4.69, 9.17) is 9.47 Å². The van der Waals surface area contributed by atoms with Gasteiger partial charge in [0.15, 0.2) is 17.5 Å². The maximum atomic E-state index is 11.8. The Morgan fingerprint density at radius 1 is 1.11 bits per heavy atom. The van der Waals surface area contributed by atoms with Crippen LogP contribution in [-0.4, -0.2) is 51.8 Å². The maximum absolute atomic E-state index is 11.8. The second-order valence-corrected chi connectivity index (χ2v) is 6.94. The summed E-state index contributed by atoms with van der Waals surface area (Å²) in [6.45, 7) is 6.78. The number of amides is 1. The second-order valence-electron chi connectivity index (χ2n) is 6.94. The Morgan fingerprint density at radius 3 is 2.33 bits per heavy atom. The number of aryl methyl sites for hydroxylation is 1. The number of nitrogens with one attached hydrogen (secondary N) is 3. The predicted molar refractivity (Wildman–Crippen MR) is 121 cm³/mol. The van der Waals surface area contributed by atoms with Crippen molar-refractivity contribution in [3.8, 4) is 11.5 Å². The topological polar surface area (TPSA) is 84.0 Å². The van der Waals surface area contributed by atoms with Gasteiger partial charge < -0.3 is 25.4 Å². The van der Waals surface area contributed by atoms with Gasteiger partial charge in [-0.2, -0.15) is 0 Å². The van der Waals surface area contributed by atoms with Crippen LogP contribution >= 0.6 is 24.0 Å². The molecule has 0 aromatic heterocycles. The zero-order valence-electron chi connectivity index (χ0n) is 17.1. The van der Waals surface area contributed by atoms with Crippen molar-refractivity contribution >= 4 is 35.8 Å². The van der Waals surface area contributed by atoms with Crippen molar-refractivity contribution in [2.24, 2.45) is 4.99 Å². The first kappa shape index (κ1) is 25.3. The van der Waals surface area contributed by atoms with Crippen LogP contribution in [0, 0.1) is 0 Å². The molecule has 7 nitrogen and oxygen atoms in total. The molecule has 0 atom stereocenters. The molecule has 0 fully saturated rings. The normalized spacial score (nSPS) is 11.3. The van der Waals surface area contributed by atoms with Crippen LogP contribution < -0.4 is 25.4 Å². The number of hydrogen-bond acceptors (Lipinski definition) is 4. The van der Waals surface area contributed by atoms with Gasteiger partial charge in [-0.15, -0.1) is 24.0 Å². The third-order valence-corrected chi connectivity index (χ3v) is 3.54. The predicted octanol–water partition coefficient (Wildman–Crippen LogP) is 2.33. The van der Waals surface area contributed by atoms with Crippen LogP contribution in [0.5, 0.6) is 11.5 Å². The molecule has 1 aromatic rings. The fourth-order valence-electron chi connectivity index (χ4n) is 2.38. The molecule has 0 unspecified atom stereocenters. The van der Waals surface area contributed by atoms with E-state index in [2.05, 4.69) is 20.9 Å². The van der Waals surface area contributed by atoms with Crippen LogP contribution in [0.15, 0.2) is 23.2 Å². The quantitative estimate of drug-likeness (QED) is 0.225. The minimum Gasteiger partial charge on any atom is -0.493 e. The molecule has 0 saturated heterocycles. The number of benzene rings is 1. The minimum absolute atomic E-state index is 0. The molecule has 8 heteroatoms. The lowest BCUT2D eigenvalue weighted by molar-refractivity contribution is -0.121. The first-order valence-corrected chi connectivity index (χ1v) is 8.75. The number of guanidine groups is 1. The van der Waals surface area contributed by atoms with Gasteiger partial charge in [-0.05, 0) is 51.3 Å². The zero-order chi connectivity index (χ0) is 19.6. The summed E-state index contributed by atoms with van der Waals surface area (Å²) in [6.07, 6.45) is 1.82. The first-order valence-electron chi connectivity index (χ1n) is 8.75. The molecular formula is C19H33IN4O3. The average molecular weight is 492 g/mol. The molecule has 0 aliphatic heterocycles. The summed E-state index contributed by atoms with van der Waals surface area (Å²) in [4.78, 5) is 16.0. The summed E-state index contributed by atoms with van der Waals surface area (Å²) in [5.74, 6) is 2.01. The van der Waals surface area contributed by atoms with Crippen LogP contribution in [0.25, 0.3) is 0 Å². The summed E-state index contributed by atoms with van der Waals surface area (Å²) >= 11 is 0. The van der Waals surface area contributed by atoms with Gasteiger partial charge in [0, 0.05) is 19.1 Å². The van der Waals surface area contributed by atoms with Crippen LogP contribution in [-0.2, 0) is 11.2 Å². The van der Waals surface area contributed by atoms with Crippen LogP contribution in [0.3, 0.4) is 0 Å². The highest BCUT2D eigenvalue weighted by molar-refractivity contribution is 14.0. The van der Waals surface area contributed by atoms with Crippen molar-refractivity contribution in [1.82, 2.24) is 16.0 Å². The van der Waals surface area contributed by atoms with E-state index in [-0.39, 0.29) is 42.0 Å². The number of rotatable bonds is 8. The van der Waals surface area contributed by atoms with Crippen LogP contribution in [0.4, 0.5) is 0 Å². The van der Waals surface area contributed by atoms with Crippen molar-refractivity contribution in [3.05, 3.63) is 23.8 Å². The molecule has 0 aliphatic carbocycles. The first-order chi connectivity index (χ1) is 12.3. The van der Waals surface area contributed by atoms with E-state index in [1.54, 1.807) is 21.3 Å². The van der Waals surface area contributed by atoms with Crippen molar-refractivity contribution in [2.45, 2.75) is 39.2 Å². The molecule has 1 rings (SSSR count). The number of hydrogen-bond donors (Lipinski definition) is 3. The smallest absolute Gasteiger partial charge is 0.239 e. The fourth-order valence-corrected chi connectivity index (χ4v) is 2.38. The fraction of sp³-hybridized carbons (Fsp3) is 0.579. The highest BCUT2D eigenvalue weighted by atomic mass is 127. The third-order valence-electron chi connectivity index (χ3n) is 3.54. The monoisotopic (exact) mass is 492 g/mol. The summed E-state index contributed by atoms with van der Waals surface area (Å²) in [6, 6.07) is 5.93. The minimum atomic E-state index is -0.241. The Morgan fingerprint density at radius 2 is 1.78 bits per heavy atom. The van der Waals surface area contributed by atoms with Gasteiger partial charge in [0.2, 0.25) is 5.91 Å². The average Bonchev–Trinajstić information content (AvgIpc) is 2.59. The van der Waals surface area contributed by atoms with Crippen molar-refractivity contribution in [3.63, 3.8) is 0 Å². The zero-order valence-corrected chi connectivity index (χ0v) is 19.5. The van der Waals surface area contributed by atoms with E-state index < -0.39 is 0 Å². The Balaban J connectivity index is 0.00000676. The van der Waals surface area contributed by atoms with Gasteiger partial charge in [-0.25, -0.2) is 0 Å². The van der Waals surface area contributed by atoms with Crippen LogP contribution in [0.2, 0.25) is 0 Å². The third kappa shape index (κ3) is 10.3. The van der Waals surface area contributed by atoms with E-state index in [0.29, 0.717) is 5.96 Å². The van der Waals surface area contributed by atoms with Crippen molar-refractivity contribution < 1.29 is 14.3 Å². The number of ether oxygens (including phenoxy) is 2. The summed E-state index contributed by atoms with van der Waals surface area (Å²) in [7, 11) is 4.95. The lowest BCUT2D eigenvalue weighted by Crippen LogP contribution is -2.48. The Labute approximate surface area is 179 Å². The van der Waals surface area contributed by atoms with Gasteiger partial charge in [-0.3, -0.25) is 9.79 Å². The molecule has 1 amide bonds. The SMILES string of the molecule is CN=C(NCCCc1ccc(OC)c(OC)c1)NCC(=O)NC(C)(C)C.I. The van der Waals surface area contributed by atoms with E-state index in [1.807, 2.05) is 39.0 Å². The molecule has 0 radical (unpaired) electrons. The lowest BCUT2D eigenvalue weighted by Gasteiger charge is -2.21. The standard InChI is InChI=1S/C19H32N4O3.HI/c1-19(2,3)23-17(24)13-22-18(20-4)21-11-7-8-14-9-10-15(25-5)16(12-14)26-6;/h9-10,12H,7-8,11,13H2,1-6H3,(H,23,24)(H2,20,21,22);1H. The molecular weight excluding hydrogens is 459 g/mol. The molecule has 1 aromatic carbocycles. The van der Waals surface area contributed by atoms with Gasteiger partial charge in [-0.1, -0.05) is 6.07 Å². The Bertz CT molecular complexity index is 615. The number of carbonyl (C=O) groups excluding carboxylic acids is 1.